The van der Waals surface area contributed by atoms with Crippen LogP contribution in [-0.4, -0.2) is 6.16 Å². The highest BCUT2D eigenvalue weighted by Crippen LogP contribution is 2.45. The Morgan fingerprint density at radius 2 is 1.60 bits per heavy atom. The molecular weight excluding hydrogens is 199 g/mol. The van der Waals surface area contributed by atoms with E-state index in [2.05, 4.69) is 50.8 Å². The first kappa shape index (κ1) is 15.2. The Balaban J connectivity index is 5.13. The van der Waals surface area contributed by atoms with Crippen LogP contribution < -0.4 is 0 Å². The summed E-state index contributed by atoms with van der Waals surface area (Å²) in [7, 11) is 2.86. The Bertz CT molecular complexity index is 207. The maximum Gasteiger partial charge on any atom is -0.00679 e. The van der Waals surface area contributed by atoms with Gasteiger partial charge in [0.05, 0.1) is 0 Å². The summed E-state index contributed by atoms with van der Waals surface area (Å²) in [5.74, 6) is 0.792. The van der Waals surface area contributed by atoms with Crippen LogP contribution in [0.15, 0.2) is 11.1 Å². The molecule has 0 nitrogen and oxygen atoms in total. The zero-order valence-electron chi connectivity index (χ0n) is 11.5. The zero-order chi connectivity index (χ0) is 12.1. The maximum absolute atomic E-state index is 2.86. The lowest BCUT2D eigenvalue weighted by Gasteiger charge is -2.40. The monoisotopic (exact) mass is 228 g/mol. The van der Waals surface area contributed by atoms with E-state index in [0.717, 1.165) is 5.92 Å². The van der Waals surface area contributed by atoms with Gasteiger partial charge in [-0.3, -0.25) is 0 Å². The topological polar surface area (TPSA) is 0 Å². The van der Waals surface area contributed by atoms with E-state index in [4.69, 9.17) is 0 Å². The van der Waals surface area contributed by atoms with Crippen LogP contribution in [0.1, 0.15) is 60.8 Å². The van der Waals surface area contributed by atoms with Crippen LogP contribution in [0.2, 0.25) is 0 Å². The highest BCUT2D eigenvalue weighted by atomic mass is 31.0. The van der Waals surface area contributed by atoms with E-state index in [1.54, 1.807) is 5.57 Å². The molecule has 0 amide bonds. The van der Waals surface area contributed by atoms with E-state index in [-0.39, 0.29) is 0 Å². The summed E-state index contributed by atoms with van der Waals surface area (Å²) in [6, 6.07) is 0. The second-order valence-electron chi connectivity index (χ2n) is 4.97. The lowest BCUT2D eigenvalue weighted by Crippen LogP contribution is -2.30. The van der Waals surface area contributed by atoms with Crippen molar-refractivity contribution in [2.75, 3.05) is 6.16 Å². The highest BCUT2D eigenvalue weighted by Gasteiger charge is 2.34. The number of hydrogen-bond donors (Lipinski definition) is 0. The van der Waals surface area contributed by atoms with Crippen LogP contribution in [0.5, 0.6) is 0 Å². The molecule has 0 aromatic carbocycles. The van der Waals surface area contributed by atoms with Gasteiger partial charge >= 0.3 is 0 Å². The van der Waals surface area contributed by atoms with Crippen LogP contribution in [0.25, 0.3) is 0 Å². The summed E-state index contributed by atoms with van der Waals surface area (Å²) in [5, 5.41) is 0. The summed E-state index contributed by atoms with van der Waals surface area (Å²) >= 11 is 0. The Kier molecular flexibility index (Phi) is 6.76. The molecule has 0 rings (SSSR count). The van der Waals surface area contributed by atoms with Gasteiger partial charge in [0.25, 0.3) is 0 Å². The van der Waals surface area contributed by atoms with Crippen molar-refractivity contribution >= 4 is 9.24 Å². The molecular formula is C14H29P. The lowest BCUT2D eigenvalue weighted by atomic mass is 9.65. The van der Waals surface area contributed by atoms with Gasteiger partial charge in [0.15, 0.2) is 0 Å². The molecule has 0 fully saturated rings. The van der Waals surface area contributed by atoms with E-state index in [9.17, 15) is 0 Å². The average Bonchev–Trinajstić information content (AvgIpc) is 2.20. The van der Waals surface area contributed by atoms with Crippen molar-refractivity contribution in [1.82, 2.24) is 0 Å². The third-order valence-electron chi connectivity index (χ3n) is 4.30. The molecule has 2 unspecified atom stereocenters. The van der Waals surface area contributed by atoms with Crippen molar-refractivity contribution < 1.29 is 0 Å². The second kappa shape index (κ2) is 6.69. The zero-order valence-corrected chi connectivity index (χ0v) is 12.6. The molecule has 0 aromatic heterocycles. The Morgan fingerprint density at radius 1 is 1.13 bits per heavy atom. The number of rotatable bonds is 6. The Morgan fingerprint density at radius 3 is 1.87 bits per heavy atom. The SMILES string of the molecule is CCC(CC)(C(C)=C(C)C)C(C)CCP. The molecule has 1 heteroatoms. The second-order valence-corrected chi connectivity index (χ2v) is 5.54. The molecule has 0 aromatic rings. The molecule has 0 aliphatic rings. The summed E-state index contributed by atoms with van der Waals surface area (Å²) in [6.07, 6.45) is 5.08. The fraction of sp³-hybridized carbons (Fsp3) is 0.857. The number of allylic oxidation sites excluding steroid dienone is 2. The standard InChI is InChI=1S/C14H29P/c1-7-14(8-2,12(5)9-10-15)13(6)11(3)4/h12H,7-10,15H2,1-6H3. The van der Waals surface area contributed by atoms with Gasteiger partial charge in [0.1, 0.15) is 0 Å². The van der Waals surface area contributed by atoms with Crippen LogP contribution in [0.3, 0.4) is 0 Å². The molecule has 0 N–H and O–H groups in total. The van der Waals surface area contributed by atoms with Gasteiger partial charge in [0.2, 0.25) is 0 Å². The molecule has 0 aliphatic heterocycles. The van der Waals surface area contributed by atoms with E-state index < -0.39 is 0 Å². The molecule has 0 saturated heterocycles. The van der Waals surface area contributed by atoms with Crippen molar-refractivity contribution in [3.8, 4) is 0 Å². The third kappa shape index (κ3) is 3.31. The summed E-state index contributed by atoms with van der Waals surface area (Å²) in [4.78, 5) is 0. The van der Waals surface area contributed by atoms with Crippen molar-refractivity contribution in [3.05, 3.63) is 11.1 Å². The van der Waals surface area contributed by atoms with E-state index in [1.807, 2.05) is 0 Å². The minimum Gasteiger partial charge on any atom is -0.138 e. The molecule has 90 valence electrons. The first-order chi connectivity index (χ1) is 6.96. The van der Waals surface area contributed by atoms with Gasteiger partial charge in [-0.25, -0.2) is 0 Å². The largest absolute Gasteiger partial charge is 0.138 e. The minimum absolute atomic E-state index is 0.440. The van der Waals surface area contributed by atoms with E-state index in [0.29, 0.717) is 5.41 Å². The van der Waals surface area contributed by atoms with Gasteiger partial charge in [-0.1, -0.05) is 31.9 Å². The fourth-order valence-corrected chi connectivity index (χ4v) is 3.37. The van der Waals surface area contributed by atoms with Crippen LogP contribution in [-0.2, 0) is 0 Å². The molecule has 0 heterocycles. The molecule has 0 aliphatic carbocycles. The summed E-state index contributed by atoms with van der Waals surface area (Å²) in [5.41, 5.74) is 3.57. The minimum atomic E-state index is 0.440. The highest BCUT2D eigenvalue weighted by molar-refractivity contribution is 7.16. The van der Waals surface area contributed by atoms with Gasteiger partial charge < -0.3 is 0 Å². The molecule has 2 atom stereocenters. The Hall–Kier alpha value is 0.170. The lowest BCUT2D eigenvalue weighted by molar-refractivity contribution is 0.202. The van der Waals surface area contributed by atoms with Crippen LogP contribution in [0.4, 0.5) is 0 Å². The van der Waals surface area contributed by atoms with E-state index >= 15 is 0 Å². The van der Waals surface area contributed by atoms with Crippen LogP contribution >= 0.6 is 9.24 Å². The summed E-state index contributed by atoms with van der Waals surface area (Å²) in [6.45, 7) is 13.9. The van der Waals surface area contributed by atoms with E-state index in [1.165, 1.54) is 31.0 Å². The Labute approximate surface area is 99.1 Å². The third-order valence-corrected chi connectivity index (χ3v) is 4.63. The molecule has 15 heavy (non-hydrogen) atoms. The quantitative estimate of drug-likeness (QED) is 0.441. The molecule has 0 bridgehead atoms. The first-order valence-corrected chi connectivity index (χ1v) is 7.12. The van der Waals surface area contributed by atoms with Gasteiger partial charge in [0, 0.05) is 0 Å². The van der Waals surface area contributed by atoms with Crippen molar-refractivity contribution in [1.29, 1.82) is 0 Å². The predicted octanol–water partition coefficient (Wildman–Crippen LogP) is 5.05. The van der Waals surface area contributed by atoms with Crippen molar-refractivity contribution in [2.24, 2.45) is 11.3 Å². The van der Waals surface area contributed by atoms with Crippen molar-refractivity contribution in [3.63, 3.8) is 0 Å². The van der Waals surface area contributed by atoms with Gasteiger partial charge in [-0.05, 0) is 57.5 Å². The van der Waals surface area contributed by atoms with Gasteiger partial charge in [-0.2, -0.15) is 0 Å². The summed E-state index contributed by atoms with van der Waals surface area (Å²) < 4.78 is 0. The molecule has 0 saturated carbocycles. The first-order valence-electron chi connectivity index (χ1n) is 6.30. The predicted molar refractivity (Wildman–Crippen MR) is 75.4 cm³/mol. The fourth-order valence-electron chi connectivity index (χ4n) is 2.87. The average molecular weight is 228 g/mol. The maximum atomic E-state index is 2.86. The van der Waals surface area contributed by atoms with Gasteiger partial charge in [-0.15, -0.1) is 9.24 Å². The van der Waals surface area contributed by atoms with Crippen LogP contribution in [0, 0.1) is 11.3 Å². The molecule has 0 radical (unpaired) electrons. The van der Waals surface area contributed by atoms with Crippen molar-refractivity contribution in [2.45, 2.75) is 60.8 Å². The smallest absolute Gasteiger partial charge is 0.00679 e. The normalized spacial score (nSPS) is 13.8. The molecule has 0 spiro atoms. The number of hydrogen-bond acceptors (Lipinski definition) is 0.